The standard InChI is InChI=1S/C32H28F3N7O3/c1-19-6-7-23(37-29(43)20-4-3-5-21(16-20)32(33,34)35)17-25(19)27-30(44)41(2)28-26(39-27)18-36-31(40-28)38-22-8-10-24(11-9-22)42-12-14-45-15-13-42/h3-11,16-18H,12-15H2,1-2H3,(H,37,43)(H,36,38,40). The molecule has 0 saturated carbocycles. The second-order valence-electron chi connectivity index (χ2n) is 10.6. The highest BCUT2D eigenvalue weighted by Gasteiger charge is 2.31. The molecule has 2 aromatic heterocycles. The number of aromatic nitrogens is 4. The van der Waals surface area contributed by atoms with Crippen LogP contribution in [-0.2, 0) is 18.0 Å². The molecule has 3 aromatic carbocycles. The summed E-state index contributed by atoms with van der Waals surface area (Å²) in [4.78, 5) is 42.0. The molecule has 2 N–H and O–H groups in total. The maximum absolute atomic E-state index is 13.5. The fraction of sp³-hybridized carbons (Fsp3) is 0.219. The summed E-state index contributed by atoms with van der Waals surface area (Å²) in [6, 6.07) is 16.9. The van der Waals surface area contributed by atoms with Gasteiger partial charge in [0.1, 0.15) is 11.2 Å². The van der Waals surface area contributed by atoms with Crippen LogP contribution in [0.25, 0.3) is 22.4 Å². The number of carbonyl (C=O) groups excluding carboxylic acids is 1. The minimum absolute atomic E-state index is 0.112. The number of morpholine rings is 1. The molecule has 1 fully saturated rings. The van der Waals surface area contributed by atoms with Crippen molar-refractivity contribution in [2.24, 2.45) is 7.05 Å². The number of fused-ring (bicyclic) bond motifs is 1. The lowest BCUT2D eigenvalue weighted by Gasteiger charge is -2.28. The van der Waals surface area contributed by atoms with Crippen LogP contribution in [0.3, 0.4) is 0 Å². The molecule has 0 atom stereocenters. The Balaban J connectivity index is 1.25. The van der Waals surface area contributed by atoms with Crippen molar-refractivity contribution in [2.45, 2.75) is 13.1 Å². The van der Waals surface area contributed by atoms with E-state index < -0.39 is 23.2 Å². The molecule has 1 amide bonds. The molecule has 10 nitrogen and oxygen atoms in total. The monoisotopic (exact) mass is 615 g/mol. The molecule has 0 aliphatic carbocycles. The summed E-state index contributed by atoms with van der Waals surface area (Å²) in [5.41, 5.74) is 2.61. The molecule has 13 heteroatoms. The van der Waals surface area contributed by atoms with E-state index in [4.69, 9.17) is 4.74 Å². The number of rotatable bonds is 6. The number of alkyl halides is 3. The van der Waals surface area contributed by atoms with Gasteiger partial charge in [-0.1, -0.05) is 12.1 Å². The Bertz CT molecular complexity index is 1950. The summed E-state index contributed by atoms with van der Waals surface area (Å²) in [6.07, 6.45) is -3.06. The Kier molecular flexibility index (Phi) is 7.94. The van der Waals surface area contributed by atoms with Gasteiger partial charge in [-0.05, 0) is 67.1 Å². The van der Waals surface area contributed by atoms with Crippen LogP contribution in [0.4, 0.5) is 36.2 Å². The maximum Gasteiger partial charge on any atom is 0.416 e. The molecule has 0 spiro atoms. The zero-order chi connectivity index (χ0) is 31.7. The predicted molar refractivity (Wildman–Crippen MR) is 165 cm³/mol. The fourth-order valence-corrected chi connectivity index (χ4v) is 5.05. The lowest BCUT2D eigenvalue weighted by Crippen LogP contribution is -2.36. The van der Waals surface area contributed by atoms with E-state index in [0.717, 1.165) is 36.6 Å². The minimum Gasteiger partial charge on any atom is -0.378 e. The molecular formula is C32H28F3N7O3. The number of halogens is 3. The van der Waals surface area contributed by atoms with E-state index in [1.54, 1.807) is 32.2 Å². The number of nitrogens with zero attached hydrogens (tertiary/aromatic N) is 5. The number of benzene rings is 3. The summed E-state index contributed by atoms with van der Waals surface area (Å²) in [5.74, 6) is -0.430. The van der Waals surface area contributed by atoms with Gasteiger partial charge in [0.2, 0.25) is 5.95 Å². The zero-order valence-corrected chi connectivity index (χ0v) is 24.4. The first-order chi connectivity index (χ1) is 21.6. The average Bonchev–Trinajstić information content (AvgIpc) is 3.04. The molecule has 0 bridgehead atoms. The predicted octanol–water partition coefficient (Wildman–Crippen LogP) is 5.55. The van der Waals surface area contributed by atoms with Gasteiger partial charge in [-0.25, -0.2) is 9.97 Å². The van der Waals surface area contributed by atoms with Crippen molar-refractivity contribution < 1.29 is 22.7 Å². The van der Waals surface area contributed by atoms with Crippen LogP contribution >= 0.6 is 0 Å². The quantitative estimate of drug-likeness (QED) is 0.256. The molecule has 0 radical (unpaired) electrons. The first-order valence-corrected chi connectivity index (χ1v) is 14.1. The smallest absolute Gasteiger partial charge is 0.378 e. The van der Waals surface area contributed by atoms with Crippen molar-refractivity contribution in [3.63, 3.8) is 0 Å². The van der Waals surface area contributed by atoms with Gasteiger partial charge in [0.25, 0.3) is 11.5 Å². The third-order valence-electron chi connectivity index (χ3n) is 7.51. The van der Waals surface area contributed by atoms with E-state index in [1.807, 2.05) is 24.3 Å². The number of aryl methyl sites for hydroxylation is 2. The van der Waals surface area contributed by atoms with E-state index in [2.05, 4.69) is 30.5 Å². The fourth-order valence-electron chi connectivity index (χ4n) is 5.05. The second kappa shape index (κ2) is 12.0. The Morgan fingerprint density at radius 2 is 1.69 bits per heavy atom. The Morgan fingerprint density at radius 1 is 0.956 bits per heavy atom. The van der Waals surface area contributed by atoms with E-state index in [9.17, 15) is 22.8 Å². The van der Waals surface area contributed by atoms with Crippen LogP contribution in [0.5, 0.6) is 0 Å². The van der Waals surface area contributed by atoms with E-state index in [-0.39, 0.29) is 16.9 Å². The highest BCUT2D eigenvalue weighted by molar-refractivity contribution is 6.04. The van der Waals surface area contributed by atoms with Gasteiger partial charge in [0, 0.05) is 48.3 Å². The lowest BCUT2D eigenvalue weighted by atomic mass is 10.0. The molecular weight excluding hydrogens is 587 g/mol. The summed E-state index contributed by atoms with van der Waals surface area (Å²) in [7, 11) is 1.58. The van der Waals surface area contributed by atoms with Gasteiger partial charge in [-0.3, -0.25) is 14.2 Å². The molecule has 1 saturated heterocycles. The van der Waals surface area contributed by atoms with Crippen molar-refractivity contribution in [1.82, 2.24) is 19.5 Å². The number of hydrogen-bond donors (Lipinski definition) is 2. The minimum atomic E-state index is -4.58. The molecule has 45 heavy (non-hydrogen) atoms. The molecule has 5 aromatic rings. The van der Waals surface area contributed by atoms with Gasteiger partial charge in [-0.2, -0.15) is 18.2 Å². The Hall–Kier alpha value is -5.30. The third kappa shape index (κ3) is 6.34. The number of carbonyl (C=O) groups is 1. The van der Waals surface area contributed by atoms with Crippen LogP contribution in [0.1, 0.15) is 21.5 Å². The van der Waals surface area contributed by atoms with Crippen LogP contribution in [0, 0.1) is 6.92 Å². The number of hydrogen-bond acceptors (Lipinski definition) is 8. The average molecular weight is 616 g/mol. The number of nitrogens with one attached hydrogen (secondary N) is 2. The van der Waals surface area contributed by atoms with Crippen molar-refractivity contribution in [1.29, 1.82) is 0 Å². The largest absolute Gasteiger partial charge is 0.416 e. The van der Waals surface area contributed by atoms with Gasteiger partial charge >= 0.3 is 6.18 Å². The normalized spacial score (nSPS) is 13.6. The van der Waals surface area contributed by atoms with Crippen molar-refractivity contribution >= 4 is 40.1 Å². The summed E-state index contributed by atoms with van der Waals surface area (Å²) in [6.45, 7) is 4.85. The van der Waals surface area contributed by atoms with Crippen LogP contribution in [-0.4, -0.2) is 51.7 Å². The van der Waals surface area contributed by atoms with Crippen molar-refractivity contribution in [3.8, 4) is 11.3 Å². The molecule has 6 rings (SSSR count). The van der Waals surface area contributed by atoms with E-state index in [0.29, 0.717) is 41.5 Å². The highest BCUT2D eigenvalue weighted by Crippen LogP contribution is 2.30. The molecule has 230 valence electrons. The summed E-state index contributed by atoms with van der Waals surface area (Å²) < 4.78 is 46.2. The van der Waals surface area contributed by atoms with Gasteiger partial charge in [-0.15, -0.1) is 0 Å². The Labute approximate surface area is 255 Å². The van der Waals surface area contributed by atoms with Gasteiger partial charge in [0.15, 0.2) is 5.65 Å². The molecule has 0 unspecified atom stereocenters. The number of amides is 1. The van der Waals surface area contributed by atoms with Crippen LogP contribution < -0.4 is 21.1 Å². The molecule has 3 heterocycles. The van der Waals surface area contributed by atoms with E-state index in [1.165, 1.54) is 22.9 Å². The zero-order valence-electron chi connectivity index (χ0n) is 24.4. The summed E-state index contributed by atoms with van der Waals surface area (Å²) in [5, 5.41) is 5.78. The third-order valence-corrected chi connectivity index (χ3v) is 7.51. The molecule has 1 aliphatic heterocycles. The maximum atomic E-state index is 13.5. The van der Waals surface area contributed by atoms with Gasteiger partial charge < -0.3 is 20.3 Å². The summed E-state index contributed by atoms with van der Waals surface area (Å²) >= 11 is 0. The van der Waals surface area contributed by atoms with Crippen LogP contribution in [0.2, 0.25) is 0 Å². The number of anilines is 4. The molecule has 1 aliphatic rings. The number of ether oxygens (including phenoxy) is 1. The van der Waals surface area contributed by atoms with Crippen LogP contribution in [0.15, 0.2) is 77.7 Å². The SMILES string of the molecule is Cc1ccc(NC(=O)c2cccc(C(F)(F)F)c2)cc1-c1nc2cnc(Nc3ccc(N4CCOCC4)cc3)nc2n(C)c1=O. The van der Waals surface area contributed by atoms with Crippen molar-refractivity contribution in [3.05, 3.63) is 100.0 Å². The van der Waals surface area contributed by atoms with Crippen molar-refractivity contribution in [2.75, 3.05) is 41.8 Å². The lowest BCUT2D eigenvalue weighted by molar-refractivity contribution is -0.137. The topological polar surface area (TPSA) is 114 Å². The first-order valence-electron chi connectivity index (χ1n) is 14.1. The first kappa shape index (κ1) is 29.8. The van der Waals surface area contributed by atoms with Gasteiger partial charge in [0.05, 0.1) is 25.0 Å². The Morgan fingerprint density at radius 3 is 2.42 bits per heavy atom. The highest BCUT2D eigenvalue weighted by atomic mass is 19.4. The van der Waals surface area contributed by atoms with E-state index >= 15 is 0 Å². The second-order valence-corrected chi connectivity index (χ2v) is 10.6.